The summed E-state index contributed by atoms with van der Waals surface area (Å²) in [7, 11) is 1.31. The molecule has 1 aromatic carbocycles. The monoisotopic (exact) mass is 224 g/mol. The van der Waals surface area contributed by atoms with Crippen LogP contribution in [-0.2, 0) is 9.53 Å². The third kappa shape index (κ3) is 4.59. The van der Waals surface area contributed by atoms with Gasteiger partial charge < -0.3 is 9.47 Å². The maximum Gasteiger partial charge on any atom is 0.337 e. The van der Waals surface area contributed by atoms with Gasteiger partial charge in [-0.2, -0.15) is 0 Å². The molecule has 16 heavy (non-hydrogen) atoms. The Morgan fingerprint density at radius 2 is 1.56 bits per heavy atom. The fraction of sp³-hybridized carbons (Fsp3) is 0.333. The van der Waals surface area contributed by atoms with Gasteiger partial charge in [-0.05, 0) is 24.3 Å². The quantitative estimate of drug-likeness (QED) is 0.572. The summed E-state index contributed by atoms with van der Waals surface area (Å²) in [5.41, 5.74) is 0.420. The van der Waals surface area contributed by atoms with E-state index in [0.717, 1.165) is 0 Å². The number of rotatable bonds is 2. The molecule has 0 amide bonds. The van der Waals surface area contributed by atoms with Crippen LogP contribution in [0.5, 0.6) is 5.75 Å². The number of methoxy groups -OCH3 is 1. The molecule has 0 heterocycles. The average Bonchev–Trinajstić information content (AvgIpc) is 2.31. The second kappa shape index (κ2) is 7.45. The standard InChI is InChI=1S/C10H10O4.C2H6/c1-7(11)14-9-5-3-8(4-6-9)10(12)13-2;1-2/h3-6H,1-2H3;1-2H3. The van der Waals surface area contributed by atoms with Crippen molar-refractivity contribution in [1.82, 2.24) is 0 Å². The van der Waals surface area contributed by atoms with Gasteiger partial charge in [0.1, 0.15) is 5.75 Å². The molecule has 0 saturated heterocycles. The lowest BCUT2D eigenvalue weighted by Crippen LogP contribution is -2.03. The van der Waals surface area contributed by atoms with Crippen LogP contribution in [0, 0.1) is 0 Å². The molecule has 0 spiro atoms. The lowest BCUT2D eigenvalue weighted by molar-refractivity contribution is -0.131. The number of benzene rings is 1. The molecule has 1 rings (SSSR count). The minimum Gasteiger partial charge on any atom is -0.465 e. The van der Waals surface area contributed by atoms with E-state index in [1.54, 1.807) is 0 Å². The summed E-state index contributed by atoms with van der Waals surface area (Å²) in [4.78, 5) is 21.6. The van der Waals surface area contributed by atoms with E-state index >= 15 is 0 Å². The van der Waals surface area contributed by atoms with Crippen LogP contribution in [0.25, 0.3) is 0 Å². The Morgan fingerprint density at radius 3 is 1.94 bits per heavy atom. The molecule has 88 valence electrons. The Bertz CT molecular complexity index is 341. The molecule has 0 radical (unpaired) electrons. The Labute approximate surface area is 95.2 Å². The van der Waals surface area contributed by atoms with Gasteiger partial charge >= 0.3 is 11.9 Å². The first-order valence-corrected chi connectivity index (χ1v) is 5.00. The van der Waals surface area contributed by atoms with Crippen LogP contribution in [0.1, 0.15) is 31.1 Å². The van der Waals surface area contributed by atoms with E-state index in [1.165, 1.54) is 38.3 Å². The zero-order valence-electron chi connectivity index (χ0n) is 9.94. The van der Waals surface area contributed by atoms with Crippen molar-refractivity contribution in [3.63, 3.8) is 0 Å². The highest BCUT2D eigenvalue weighted by atomic mass is 16.5. The smallest absolute Gasteiger partial charge is 0.337 e. The normalized spacial score (nSPS) is 8.50. The molecule has 0 unspecified atom stereocenters. The fourth-order valence-corrected chi connectivity index (χ4v) is 0.943. The van der Waals surface area contributed by atoms with Crippen LogP contribution in [-0.4, -0.2) is 19.0 Å². The number of carbonyl (C=O) groups excluding carboxylic acids is 2. The molecular weight excluding hydrogens is 208 g/mol. The first-order chi connectivity index (χ1) is 7.63. The topological polar surface area (TPSA) is 52.6 Å². The van der Waals surface area contributed by atoms with E-state index in [0.29, 0.717) is 11.3 Å². The fourth-order valence-electron chi connectivity index (χ4n) is 0.943. The van der Waals surface area contributed by atoms with Gasteiger partial charge in [-0.25, -0.2) is 4.79 Å². The van der Waals surface area contributed by atoms with E-state index in [9.17, 15) is 9.59 Å². The van der Waals surface area contributed by atoms with Crippen molar-refractivity contribution in [2.45, 2.75) is 20.8 Å². The number of carbonyl (C=O) groups is 2. The van der Waals surface area contributed by atoms with Crippen molar-refractivity contribution in [1.29, 1.82) is 0 Å². The van der Waals surface area contributed by atoms with Crippen molar-refractivity contribution < 1.29 is 19.1 Å². The van der Waals surface area contributed by atoms with E-state index in [4.69, 9.17) is 4.74 Å². The first kappa shape index (κ1) is 14.2. The highest BCUT2D eigenvalue weighted by Crippen LogP contribution is 2.12. The van der Waals surface area contributed by atoms with Crippen LogP contribution in [0.3, 0.4) is 0 Å². The third-order valence-electron chi connectivity index (χ3n) is 1.54. The number of ether oxygens (including phenoxy) is 2. The summed E-state index contributed by atoms with van der Waals surface area (Å²) >= 11 is 0. The summed E-state index contributed by atoms with van der Waals surface area (Å²) < 4.78 is 9.30. The van der Waals surface area contributed by atoms with E-state index in [2.05, 4.69) is 4.74 Å². The average molecular weight is 224 g/mol. The highest BCUT2D eigenvalue weighted by molar-refractivity contribution is 5.89. The summed E-state index contributed by atoms with van der Waals surface area (Å²) in [5, 5.41) is 0. The summed E-state index contributed by atoms with van der Waals surface area (Å²) in [6, 6.07) is 6.13. The highest BCUT2D eigenvalue weighted by Gasteiger charge is 2.05. The van der Waals surface area contributed by atoms with Crippen molar-refractivity contribution >= 4 is 11.9 Å². The Balaban J connectivity index is 0.00000106. The maximum absolute atomic E-state index is 11.0. The van der Waals surface area contributed by atoms with Crippen LogP contribution < -0.4 is 4.74 Å². The molecule has 4 nitrogen and oxygen atoms in total. The molecule has 0 N–H and O–H groups in total. The number of hydrogen-bond acceptors (Lipinski definition) is 4. The van der Waals surface area contributed by atoms with Crippen LogP contribution in [0.2, 0.25) is 0 Å². The lowest BCUT2D eigenvalue weighted by Gasteiger charge is -2.02. The van der Waals surface area contributed by atoms with Crippen molar-refractivity contribution in [2.75, 3.05) is 7.11 Å². The maximum atomic E-state index is 11.0. The van der Waals surface area contributed by atoms with Crippen molar-refractivity contribution in [3.8, 4) is 5.75 Å². The first-order valence-electron chi connectivity index (χ1n) is 5.00. The van der Waals surface area contributed by atoms with Gasteiger partial charge in [0, 0.05) is 6.92 Å². The summed E-state index contributed by atoms with van der Waals surface area (Å²) in [6.45, 7) is 5.31. The molecule has 0 aliphatic rings. The van der Waals surface area contributed by atoms with Crippen LogP contribution in [0.4, 0.5) is 0 Å². The Morgan fingerprint density at radius 1 is 1.06 bits per heavy atom. The minimum atomic E-state index is -0.417. The molecule has 4 heteroatoms. The predicted octanol–water partition coefficient (Wildman–Crippen LogP) is 2.42. The zero-order valence-corrected chi connectivity index (χ0v) is 9.94. The Hall–Kier alpha value is -1.84. The molecule has 0 aromatic heterocycles. The largest absolute Gasteiger partial charge is 0.465 e. The van der Waals surface area contributed by atoms with Crippen LogP contribution >= 0.6 is 0 Å². The van der Waals surface area contributed by atoms with E-state index in [-0.39, 0.29) is 0 Å². The molecule has 0 fully saturated rings. The SMILES string of the molecule is CC.COC(=O)c1ccc(OC(C)=O)cc1. The third-order valence-corrected chi connectivity index (χ3v) is 1.54. The summed E-state index contributed by atoms with van der Waals surface area (Å²) in [5.74, 6) is -0.402. The van der Waals surface area contributed by atoms with E-state index < -0.39 is 11.9 Å². The summed E-state index contributed by atoms with van der Waals surface area (Å²) in [6.07, 6.45) is 0. The predicted molar refractivity (Wildman–Crippen MR) is 60.4 cm³/mol. The van der Waals surface area contributed by atoms with E-state index in [1.807, 2.05) is 13.8 Å². The number of hydrogen-bond donors (Lipinski definition) is 0. The molecular formula is C12H16O4. The molecule has 0 saturated carbocycles. The number of esters is 2. The minimum absolute atomic E-state index is 0.393. The lowest BCUT2D eigenvalue weighted by atomic mass is 10.2. The van der Waals surface area contributed by atoms with Gasteiger partial charge in [0.25, 0.3) is 0 Å². The van der Waals surface area contributed by atoms with Gasteiger partial charge in [-0.1, -0.05) is 13.8 Å². The molecule has 0 aliphatic heterocycles. The second-order valence-corrected chi connectivity index (χ2v) is 2.61. The van der Waals surface area contributed by atoms with Gasteiger partial charge in [0.05, 0.1) is 12.7 Å². The molecule has 0 bridgehead atoms. The molecule has 0 atom stereocenters. The zero-order chi connectivity index (χ0) is 12.6. The van der Waals surface area contributed by atoms with Crippen LogP contribution in [0.15, 0.2) is 24.3 Å². The molecule has 0 aliphatic carbocycles. The van der Waals surface area contributed by atoms with Crippen molar-refractivity contribution in [2.24, 2.45) is 0 Å². The molecule has 1 aromatic rings. The van der Waals surface area contributed by atoms with Gasteiger partial charge in [0.15, 0.2) is 0 Å². The Kier molecular flexibility index (Phi) is 6.59. The van der Waals surface area contributed by atoms with Crippen molar-refractivity contribution in [3.05, 3.63) is 29.8 Å². The second-order valence-electron chi connectivity index (χ2n) is 2.61. The van der Waals surface area contributed by atoms with Gasteiger partial charge in [0.2, 0.25) is 0 Å². The van der Waals surface area contributed by atoms with Gasteiger partial charge in [-0.15, -0.1) is 0 Å². The van der Waals surface area contributed by atoms with Gasteiger partial charge in [-0.3, -0.25) is 4.79 Å².